The summed E-state index contributed by atoms with van der Waals surface area (Å²) in [4.78, 5) is 11.6. The van der Waals surface area contributed by atoms with E-state index in [9.17, 15) is 13.2 Å². The fourth-order valence-corrected chi connectivity index (χ4v) is 5.42. The van der Waals surface area contributed by atoms with Crippen molar-refractivity contribution in [3.8, 4) is 0 Å². The molecule has 1 atom stereocenters. The molecule has 1 amide bonds. The van der Waals surface area contributed by atoms with Crippen LogP contribution in [0.3, 0.4) is 0 Å². The summed E-state index contributed by atoms with van der Waals surface area (Å²) in [6.45, 7) is 2.16. The van der Waals surface area contributed by atoms with Gasteiger partial charge in [-0.3, -0.25) is 4.79 Å². The molecular weight excluding hydrogens is 359 g/mol. The minimum absolute atomic E-state index is 0.0617. The van der Waals surface area contributed by atoms with Crippen molar-refractivity contribution in [2.75, 3.05) is 13.1 Å². The molecule has 0 spiro atoms. The second-order valence-corrected chi connectivity index (χ2v) is 7.61. The van der Waals surface area contributed by atoms with E-state index in [1.807, 2.05) is 0 Å². The molecule has 0 aromatic heterocycles. The number of hydrogen-bond acceptors (Lipinski definition) is 3. The van der Waals surface area contributed by atoms with Gasteiger partial charge < -0.3 is 5.32 Å². The van der Waals surface area contributed by atoms with Crippen LogP contribution in [0.4, 0.5) is 0 Å². The molecule has 0 aliphatic carbocycles. The van der Waals surface area contributed by atoms with Gasteiger partial charge in [0, 0.05) is 18.1 Å². The number of rotatable bonds is 3. The van der Waals surface area contributed by atoms with Crippen molar-refractivity contribution in [2.45, 2.75) is 24.3 Å². The fourth-order valence-electron chi connectivity index (χ4n) is 2.26. The lowest BCUT2D eigenvalue weighted by Crippen LogP contribution is -2.56. The number of hydrogen-bond donors (Lipinski definition) is 1. The molecule has 1 aliphatic rings. The molecule has 9 heteroatoms. The van der Waals surface area contributed by atoms with Crippen LogP contribution in [0.15, 0.2) is 17.0 Å². The maximum atomic E-state index is 12.8. The number of sulfonamides is 1. The fraction of sp³-hybridized carbons (Fsp3) is 0.417. The molecule has 1 aromatic rings. The molecule has 5 nitrogen and oxygen atoms in total. The Hall–Kier alpha value is -0.530. The highest BCUT2D eigenvalue weighted by Crippen LogP contribution is 2.35. The summed E-state index contributed by atoms with van der Waals surface area (Å²) in [5.74, 6) is -0.325. The van der Waals surface area contributed by atoms with E-state index in [0.29, 0.717) is 6.42 Å². The van der Waals surface area contributed by atoms with Crippen molar-refractivity contribution < 1.29 is 13.2 Å². The average molecular weight is 372 g/mol. The lowest BCUT2D eigenvalue weighted by atomic mass is 10.2. The van der Waals surface area contributed by atoms with Crippen LogP contribution in [0.2, 0.25) is 15.1 Å². The van der Waals surface area contributed by atoms with E-state index in [-0.39, 0.29) is 39.0 Å². The molecule has 1 aliphatic heterocycles. The van der Waals surface area contributed by atoms with E-state index in [0.717, 1.165) is 4.31 Å². The van der Waals surface area contributed by atoms with Gasteiger partial charge in [0.1, 0.15) is 10.9 Å². The Bertz CT molecular complexity index is 655. The lowest BCUT2D eigenvalue weighted by molar-refractivity contribution is -0.126. The Morgan fingerprint density at radius 1 is 1.29 bits per heavy atom. The van der Waals surface area contributed by atoms with E-state index in [4.69, 9.17) is 34.8 Å². The molecule has 1 unspecified atom stereocenters. The Morgan fingerprint density at radius 2 is 1.86 bits per heavy atom. The normalized spacial score (nSPS) is 20.4. The van der Waals surface area contributed by atoms with Crippen LogP contribution in [0.25, 0.3) is 0 Å². The van der Waals surface area contributed by atoms with Crippen molar-refractivity contribution in [1.82, 2.24) is 9.62 Å². The molecule has 1 fully saturated rings. The summed E-state index contributed by atoms with van der Waals surface area (Å²) in [6, 6.07) is 1.85. The minimum Gasteiger partial charge on any atom is -0.353 e. The zero-order chi connectivity index (χ0) is 15.8. The predicted octanol–water partition coefficient (Wildman–Crippen LogP) is 2.55. The van der Waals surface area contributed by atoms with E-state index >= 15 is 0 Å². The Labute approximate surface area is 138 Å². The number of halogens is 3. The standard InChI is InChI=1S/C12H13Cl3N2O3S/c1-2-10-12(18)16-3-4-17(10)21(19,20)11-8(14)5-7(13)6-9(11)15/h5-6,10H,2-4H2,1H3,(H,16,18). The number of piperazine rings is 1. The molecule has 1 N–H and O–H groups in total. The van der Waals surface area contributed by atoms with Gasteiger partial charge in [-0.1, -0.05) is 41.7 Å². The van der Waals surface area contributed by atoms with E-state index in [1.54, 1.807) is 6.92 Å². The maximum Gasteiger partial charge on any atom is 0.246 e. The van der Waals surface area contributed by atoms with E-state index < -0.39 is 16.1 Å². The molecule has 1 aromatic carbocycles. The van der Waals surface area contributed by atoms with Gasteiger partial charge in [0.25, 0.3) is 0 Å². The highest BCUT2D eigenvalue weighted by Gasteiger charge is 2.39. The average Bonchev–Trinajstić information content (AvgIpc) is 2.36. The summed E-state index contributed by atoms with van der Waals surface area (Å²) < 4.78 is 26.7. The van der Waals surface area contributed by atoms with Crippen LogP contribution >= 0.6 is 34.8 Å². The summed E-state index contributed by atoms with van der Waals surface area (Å²) in [5.41, 5.74) is 0. The molecule has 1 saturated heterocycles. The van der Waals surface area contributed by atoms with E-state index in [1.165, 1.54) is 12.1 Å². The third-order valence-electron chi connectivity index (χ3n) is 3.20. The second kappa shape index (κ2) is 6.30. The van der Waals surface area contributed by atoms with Crippen LogP contribution in [0.1, 0.15) is 13.3 Å². The summed E-state index contributed by atoms with van der Waals surface area (Å²) in [6.07, 6.45) is 0.355. The number of carbonyl (C=O) groups excluding carboxylic acids is 1. The molecule has 1 heterocycles. The third-order valence-corrected chi connectivity index (χ3v) is 6.25. The Morgan fingerprint density at radius 3 is 2.38 bits per heavy atom. The highest BCUT2D eigenvalue weighted by molar-refractivity contribution is 7.89. The summed E-state index contributed by atoms with van der Waals surface area (Å²) >= 11 is 17.8. The van der Waals surface area contributed by atoms with Gasteiger partial charge in [0.2, 0.25) is 15.9 Å². The summed E-state index contributed by atoms with van der Waals surface area (Å²) in [5, 5.41) is 2.76. The number of nitrogens with zero attached hydrogens (tertiary/aromatic N) is 1. The molecule has 21 heavy (non-hydrogen) atoms. The topological polar surface area (TPSA) is 66.5 Å². The first-order valence-electron chi connectivity index (χ1n) is 6.23. The van der Waals surface area contributed by atoms with Crippen LogP contribution in [0, 0.1) is 0 Å². The predicted molar refractivity (Wildman–Crippen MR) is 82.5 cm³/mol. The Balaban J connectivity index is 2.54. The van der Waals surface area contributed by atoms with Gasteiger partial charge in [-0.15, -0.1) is 0 Å². The van der Waals surface area contributed by atoms with Crippen molar-refractivity contribution >= 4 is 50.7 Å². The van der Waals surface area contributed by atoms with Crippen LogP contribution in [0.5, 0.6) is 0 Å². The highest BCUT2D eigenvalue weighted by atomic mass is 35.5. The number of nitrogens with one attached hydrogen (secondary N) is 1. The monoisotopic (exact) mass is 370 g/mol. The number of carbonyl (C=O) groups is 1. The molecule has 0 saturated carbocycles. The zero-order valence-corrected chi connectivity index (χ0v) is 14.2. The number of amides is 1. The molecule has 116 valence electrons. The third kappa shape index (κ3) is 3.14. The number of benzene rings is 1. The Kier molecular flexibility index (Phi) is 5.05. The van der Waals surface area contributed by atoms with Crippen molar-refractivity contribution in [2.24, 2.45) is 0 Å². The van der Waals surface area contributed by atoms with Gasteiger partial charge in [0.15, 0.2) is 0 Å². The van der Waals surface area contributed by atoms with Crippen LogP contribution < -0.4 is 5.32 Å². The second-order valence-electron chi connectivity index (χ2n) is 4.53. The molecular formula is C12H13Cl3N2O3S. The van der Waals surface area contributed by atoms with Crippen LogP contribution in [-0.4, -0.2) is 37.8 Å². The SMILES string of the molecule is CCC1C(=O)NCCN1S(=O)(=O)c1c(Cl)cc(Cl)cc1Cl. The van der Waals surface area contributed by atoms with Crippen molar-refractivity contribution in [3.63, 3.8) is 0 Å². The molecule has 0 bridgehead atoms. The van der Waals surface area contributed by atoms with Gasteiger partial charge in [-0.2, -0.15) is 4.31 Å². The maximum absolute atomic E-state index is 12.8. The van der Waals surface area contributed by atoms with Gasteiger partial charge >= 0.3 is 0 Å². The van der Waals surface area contributed by atoms with Crippen molar-refractivity contribution in [3.05, 3.63) is 27.2 Å². The molecule has 0 radical (unpaired) electrons. The first kappa shape index (κ1) is 16.8. The largest absolute Gasteiger partial charge is 0.353 e. The smallest absolute Gasteiger partial charge is 0.246 e. The zero-order valence-electron chi connectivity index (χ0n) is 11.1. The summed E-state index contributed by atoms with van der Waals surface area (Å²) in [7, 11) is -3.98. The first-order valence-corrected chi connectivity index (χ1v) is 8.80. The van der Waals surface area contributed by atoms with E-state index in [2.05, 4.69) is 5.32 Å². The van der Waals surface area contributed by atoms with Gasteiger partial charge in [-0.05, 0) is 18.6 Å². The van der Waals surface area contributed by atoms with Crippen molar-refractivity contribution in [1.29, 1.82) is 0 Å². The lowest BCUT2D eigenvalue weighted by Gasteiger charge is -2.33. The van der Waals surface area contributed by atoms with Crippen LogP contribution in [-0.2, 0) is 14.8 Å². The minimum atomic E-state index is -3.98. The van der Waals surface area contributed by atoms with Gasteiger partial charge in [-0.25, -0.2) is 8.42 Å². The molecule has 2 rings (SSSR count). The van der Waals surface area contributed by atoms with Gasteiger partial charge in [0.05, 0.1) is 10.0 Å². The quantitative estimate of drug-likeness (QED) is 0.888. The first-order chi connectivity index (χ1) is 9.78.